The first-order valence-corrected chi connectivity index (χ1v) is 4.33. The molecule has 0 aromatic heterocycles. The Morgan fingerprint density at radius 2 is 1.90 bits per heavy atom. The first-order valence-electron chi connectivity index (χ1n) is 4.33. The Kier molecular flexibility index (Phi) is 1.07. The van der Waals surface area contributed by atoms with Gasteiger partial charge in [0.15, 0.2) is 0 Å². The Bertz CT molecular complexity index is 190. The van der Waals surface area contributed by atoms with Crippen LogP contribution in [0.25, 0.3) is 0 Å². The molecule has 0 heteroatoms. The lowest BCUT2D eigenvalue weighted by Crippen LogP contribution is -2.35. The molecule has 0 bridgehead atoms. The summed E-state index contributed by atoms with van der Waals surface area (Å²) in [4.78, 5) is 0. The largest absolute Gasteiger partial charge is 0.0698 e. The van der Waals surface area contributed by atoms with E-state index in [1.54, 1.807) is 11.1 Å². The molecule has 0 heterocycles. The third-order valence-electron chi connectivity index (χ3n) is 3.45. The molecule has 2 aliphatic carbocycles. The van der Waals surface area contributed by atoms with Crippen molar-refractivity contribution in [3.05, 3.63) is 11.1 Å². The number of allylic oxidation sites excluding steroid dienone is 2. The summed E-state index contributed by atoms with van der Waals surface area (Å²) in [6, 6.07) is 0. The maximum absolute atomic E-state index is 2.39. The first-order chi connectivity index (χ1) is 4.62. The van der Waals surface area contributed by atoms with Crippen molar-refractivity contribution < 1.29 is 0 Å². The molecule has 1 unspecified atom stereocenters. The van der Waals surface area contributed by atoms with Crippen LogP contribution in [0.15, 0.2) is 11.1 Å². The van der Waals surface area contributed by atoms with Crippen LogP contribution in [0.2, 0.25) is 0 Å². The second-order valence-electron chi connectivity index (χ2n) is 4.41. The Labute approximate surface area is 63.3 Å². The van der Waals surface area contributed by atoms with Gasteiger partial charge in [-0.1, -0.05) is 31.9 Å². The van der Waals surface area contributed by atoms with Crippen LogP contribution < -0.4 is 0 Å². The zero-order valence-electron chi connectivity index (χ0n) is 7.20. The van der Waals surface area contributed by atoms with E-state index in [1.165, 1.54) is 19.3 Å². The number of rotatable bonds is 0. The van der Waals surface area contributed by atoms with Crippen molar-refractivity contribution >= 4 is 0 Å². The smallest absolute Gasteiger partial charge is 0.0113 e. The third-order valence-corrected chi connectivity index (χ3v) is 3.45. The van der Waals surface area contributed by atoms with Gasteiger partial charge in [0.1, 0.15) is 0 Å². The highest BCUT2D eigenvalue weighted by atomic mass is 14.5. The van der Waals surface area contributed by atoms with E-state index >= 15 is 0 Å². The van der Waals surface area contributed by atoms with Crippen LogP contribution in [0.4, 0.5) is 0 Å². The Morgan fingerprint density at radius 1 is 1.30 bits per heavy atom. The van der Waals surface area contributed by atoms with Gasteiger partial charge < -0.3 is 0 Å². The van der Waals surface area contributed by atoms with Crippen LogP contribution in [0.1, 0.15) is 40.0 Å². The molecule has 2 fully saturated rings. The van der Waals surface area contributed by atoms with E-state index in [1.807, 2.05) is 0 Å². The van der Waals surface area contributed by atoms with E-state index in [0.717, 1.165) is 5.92 Å². The average Bonchev–Trinajstić information content (AvgIpc) is 2.64. The van der Waals surface area contributed by atoms with Gasteiger partial charge in [-0.2, -0.15) is 0 Å². The van der Waals surface area contributed by atoms with Crippen molar-refractivity contribution in [3.8, 4) is 0 Å². The summed E-state index contributed by atoms with van der Waals surface area (Å²) in [5, 5.41) is 0. The Balaban J connectivity index is 2.24. The fourth-order valence-corrected chi connectivity index (χ4v) is 1.95. The molecule has 0 aromatic rings. The standard InChI is InChI=1S/C10H16/c1-7-6-9(8-4-5-8)10(7,2)3/h7H,4-6H2,1-3H3. The number of hydrogen-bond acceptors (Lipinski definition) is 0. The van der Waals surface area contributed by atoms with Crippen LogP contribution in [0, 0.1) is 11.3 Å². The van der Waals surface area contributed by atoms with Crippen LogP contribution in [-0.2, 0) is 0 Å². The summed E-state index contributed by atoms with van der Waals surface area (Å²) in [5.41, 5.74) is 4.13. The predicted octanol–water partition coefficient (Wildman–Crippen LogP) is 3.14. The fourth-order valence-electron chi connectivity index (χ4n) is 1.95. The SMILES string of the molecule is CC1CC(=C2CC2)C1(C)C. The molecule has 0 nitrogen and oxygen atoms in total. The summed E-state index contributed by atoms with van der Waals surface area (Å²) in [6.45, 7) is 7.15. The highest BCUT2D eigenvalue weighted by Crippen LogP contribution is 2.55. The third kappa shape index (κ3) is 0.680. The van der Waals surface area contributed by atoms with E-state index in [2.05, 4.69) is 20.8 Å². The molecular weight excluding hydrogens is 120 g/mol. The van der Waals surface area contributed by atoms with Gasteiger partial charge in [0.25, 0.3) is 0 Å². The molecule has 10 heavy (non-hydrogen) atoms. The van der Waals surface area contributed by atoms with E-state index in [4.69, 9.17) is 0 Å². The summed E-state index contributed by atoms with van der Waals surface area (Å²) in [7, 11) is 0. The minimum atomic E-state index is 0.561. The lowest BCUT2D eigenvalue weighted by Gasteiger charge is -2.46. The molecule has 1 atom stereocenters. The van der Waals surface area contributed by atoms with Crippen molar-refractivity contribution in [2.75, 3.05) is 0 Å². The fraction of sp³-hybridized carbons (Fsp3) is 0.800. The zero-order valence-corrected chi connectivity index (χ0v) is 7.20. The lowest BCUT2D eigenvalue weighted by molar-refractivity contribution is 0.185. The molecule has 0 aromatic carbocycles. The molecule has 0 saturated heterocycles. The van der Waals surface area contributed by atoms with Crippen molar-refractivity contribution in [3.63, 3.8) is 0 Å². The normalized spacial score (nSPS) is 35.7. The Morgan fingerprint density at radius 3 is 2.20 bits per heavy atom. The molecule has 2 saturated carbocycles. The molecule has 0 N–H and O–H groups in total. The summed E-state index contributed by atoms with van der Waals surface area (Å²) < 4.78 is 0. The highest BCUT2D eigenvalue weighted by Gasteiger charge is 2.43. The average molecular weight is 136 g/mol. The van der Waals surface area contributed by atoms with Gasteiger partial charge in [0, 0.05) is 0 Å². The zero-order chi connectivity index (χ0) is 7.35. The molecular formula is C10H16. The summed E-state index contributed by atoms with van der Waals surface area (Å²) in [6.07, 6.45) is 4.21. The van der Waals surface area contributed by atoms with Crippen LogP contribution in [0.3, 0.4) is 0 Å². The number of hydrogen-bond donors (Lipinski definition) is 0. The van der Waals surface area contributed by atoms with Crippen molar-refractivity contribution in [1.29, 1.82) is 0 Å². The summed E-state index contributed by atoms with van der Waals surface area (Å²) >= 11 is 0. The minimum Gasteiger partial charge on any atom is -0.0698 e. The van der Waals surface area contributed by atoms with Gasteiger partial charge >= 0.3 is 0 Å². The molecule has 56 valence electrons. The van der Waals surface area contributed by atoms with Crippen LogP contribution in [0.5, 0.6) is 0 Å². The van der Waals surface area contributed by atoms with Crippen LogP contribution in [-0.4, -0.2) is 0 Å². The molecule has 0 aliphatic heterocycles. The van der Waals surface area contributed by atoms with E-state index in [0.29, 0.717) is 5.41 Å². The highest BCUT2D eigenvalue weighted by molar-refractivity contribution is 5.35. The quantitative estimate of drug-likeness (QED) is 0.449. The molecule has 2 rings (SSSR count). The van der Waals surface area contributed by atoms with Crippen molar-refractivity contribution in [2.24, 2.45) is 11.3 Å². The first kappa shape index (κ1) is 6.45. The van der Waals surface area contributed by atoms with E-state index < -0.39 is 0 Å². The second-order valence-corrected chi connectivity index (χ2v) is 4.41. The monoisotopic (exact) mass is 136 g/mol. The van der Waals surface area contributed by atoms with Crippen LogP contribution >= 0.6 is 0 Å². The maximum atomic E-state index is 2.39. The minimum absolute atomic E-state index is 0.561. The van der Waals surface area contributed by atoms with Gasteiger partial charge in [-0.05, 0) is 30.6 Å². The summed E-state index contributed by atoms with van der Waals surface area (Å²) in [5.74, 6) is 0.926. The van der Waals surface area contributed by atoms with Gasteiger partial charge in [-0.25, -0.2) is 0 Å². The van der Waals surface area contributed by atoms with Gasteiger partial charge in [0.2, 0.25) is 0 Å². The topological polar surface area (TPSA) is 0 Å². The maximum Gasteiger partial charge on any atom is -0.0113 e. The molecule has 0 radical (unpaired) electrons. The van der Waals surface area contributed by atoms with Gasteiger partial charge in [0.05, 0.1) is 0 Å². The van der Waals surface area contributed by atoms with E-state index in [-0.39, 0.29) is 0 Å². The van der Waals surface area contributed by atoms with Gasteiger partial charge in [-0.3, -0.25) is 0 Å². The lowest BCUT2D eigenvalue weighted by atomic mass is 9.59. The van der Waals surface area contributed by atoms with E-state index in [9.17, 15) is 0 Å². The molecule has 0 amide bonds. The van der Waals surface area contributed by atoms with Gasteiger partial charge in [-0.15, -0.1) is 0 Å². The van der Waals surface area contributed by atoms with Crippen molar-refractivity contribution in [2.45, 2.75) is 40.0 Å². The molecule has 2 aliphatic rings. The second kappa shape index (κ2) is 1.66. The predicted molar refractivity (Wildman–Crippen MR) is 43.8 cm³/mol. The molecule has 0 spiro atoms. The van der Waals surface area contributed by atoms with Crippen molar-refractivity contribution in [1.82, 2.24) is 0 Å². The Hall–Kier alpha value is -0.260.